The van der Waals surface area contributed by atoms with E-state index in [9.17, 15) is 0 Å². The lowest BCUT2D eigenvalue weighted by molar-refractivity contribution is 0.174. The van der Waals surface area contributed by atoms with Crippen LogP contribution < -0.4 is 14.2 Å². The molecule has 0 aromatic heterocycles. The molecule has 2 aliphatic rings. The summed E-state index contributed by atoms with van der Waals surface area (Å²) in [6, 6.07) is 10.7. The van der Waals surface area contributed by atoms with Crippen molar-refractivity contribution in [2.75, 3.05) is 27.0 Å². The Kier molecular flexibility index (Phi) is 4.07. The van der Waals surface area contributed by atoms with Gasteiger partial charge in [0.25, 0.3) is 0 Å². The predicted octanol–water partition coefficient (Wildman–Crippen LogP) is 4.00. The maximum Gasteiger partial charge on any atom is 0.231 e. The van der Waals surface area contributed by atoms with Crippen LogP contribution in [0.25, 0.3) is 11.1 Å². The van der Waals surface area contributed by atoms with E-state index < -0.39 is 0 Å². The highest BCUT2D eigenvalue weighted by Gasteiger charge is 2.19. The zero-order valence-corrected chi connectivity index (χ0v) is 14.3. The van der Waals surface area contributed by atoms with E-state index in [1.807, 2.05) is 12.1 Å². The summed E-state index contributed by atoms with van der Waals surface area (Å²) in [7, 11) is 1.70. The molecule has 0 amide bonds. The molecule has 0 aliphatic carbocycles. The van der Waals surface area contributed by atoms with Crippen LogP contribution in [-0.2, 0) is 6.54 Å². The minimum absolute atomic E-state index is 0.274. The normalized spacial score (nSPS) is 16.6. The Morgan fingerprint density at radius 1 is 1.00 bits per heavy atom. The third-order valence-corrected chi connectivity index (χ3v) is 4.75. The molecule has 1 fully saturated rings. The zero-order chi connectivity index (χ0) is 16.5. The van der Waals surface area contributed by atoms with Crippen LogP contribution in [0, 0.1) is 6.92 Å². The summed E-state index contributed by atoms with van der Waals surface area (Å²) in [5.74, 6) is 2.35. The summed E-state index contributed by atoms with van der Waals surface area (Å²) < 4.78 is 16.6. The van der Waals surface area contributed by atoms with E-state index in [4.69, 9.17) is 14.2 Å². The Labute approximate surface area is 142 Å². The fourth-order valence-corrected chi connectivity index (χ4v) is 3.63. The molecule has 0 saturated carbocycles. The lowest BCUT2D eigenvalue weighted by Crippen LogP contribution is -2.18. The van der Waals surface area contributed by atoms with Crippen LogP contribution in [0.2, 0.25) is 0 Å². The van der Waals surface area contributed by atoms with E-state index in [2.05, 4.69) is 30.0 Å². The number of rotatable bonds is 4. The van der Waals surface area contributed by atoms with Crippen molar-refractivity contribution in [1.82, 2.24) is 4.90 Å². The molecule has 24 heavy (non-hydrogen) atoms. The van der Waals surface area contributed by atoms with E-state index in [1.54, 1.807) is 7.11 Å². The Morgan fingerprint density at radius 3 is 2.50 bits per heavy atom. The van der Waals surface area contributed by atoms with Gasteiger partial charge in [0.1, 0.15) is 5.75 Å². The Morgan fingerprint density at radius 2 is 1.75 bits per heavy atom. The van der Waals surface area contributed by atoms with Gasteiger partial charge in [0, 0.05) is 18.2 Å². The quantitative estimate of drug-likeness (QED) is 0.850. The molecule has 0 atom stereocenters. The van der Waals surface area contributed by atoms with E-state index in [0.717, 1.165) is 29.4 Å². The van der Waals surface area contributed by atoms with Crippen LogP contribution in [0.3, 0.4) is 0 Å². The fraction of sp³-hybridized carbons (Fsp3) is 0.400. The van der Waals surface area contributed by atoms with E-state index in [0.29, 0.717) is 0 Å². The van der Waals surface area contributed by atoms with Crippen molar-refractivity contribution in [2.45, 2.75) is 26.3 Å². The van der Waals surface area contributed by atoms with Gasteiger partial charge >= 0.3 is 0 Å². The molecule has 1 saturated heterocycles. The largest absolute Gasteiger partial charge is 0.496 e. The molecule has 0 unspecified atom stereocenters. The van der Waals surface area contributed by atoms with Gasteiger partial charge in [0.2, 0.25) is 6.79 Å². The monoisotopic (exact) mass is 325 g/mol. The van der Waals surface area contributed by atoms with Gasteiger partial charge in [-0.05, 0) is 56.1 Å². The van der Waals surface area contributed by atoms with E-state index in [-0.39, 0.29) is 6.79 Å². The average molecular weight is 325 g/mol. The number of nitrogens with zero attached hydrogens (tertiary/aromatic N) is 1. The molecule has 0 radical (unpaired) electrons. The number of benzene rings is 2. The third kappa shape index (κ3) is 2.94. The van der Waals surface area contributed by atoms with Crippen LogP contribution in [0.1, 0.15) is 24.0 Å². The first-order valence-electron chi connectivity index (χ1n) is 8.54. The number of methoxy groups -OCH3 is 1. The Balaban J connectivity index is 1.72. The van der Waals surface area contributed by atoms with Gasteiger partial charge in [-0.15, -0.1) is 0 Å². The maximum atomic E-state index is 5.59. The molecule has 2 aromatic carbocycles. The number of ether oxygens (including phenoxy) is 3. The number of fused-ring (bicyclic) bond motifs is 1. The highest BCUT2D eigenvalue weighted by atomic mass is 16.7. The molecule has 4 nitrogen and oxygen atoms in total. The van der Waals surface area contributed by atoms with Gasteiger partial charge < -0.3 is 14.2 Å². The minimum atomic E-state index is 0.274. The van der Waals surface area contributed by atoms with Crippen LogP contribution in [0.5, 0.6) is 17.2 Å². The summed E-state index contributed by atoms with van der Waals surface area (Å²) in [5.41, 5.74) is 4.83. The van der Waals surface area contributed by atoms with Crippen molar-refractivity contribution in [1.29, 1.82) is 0 Å². The van der Waals surface area contributed by atoms with E-state index in [1.165, 1.54) is 42.6 Å². The van der Waals surface area contributed by atoms with Crippen molar-refractivity contribution < 1.29 is 14.2 Å². The molecule has 4 rings (SSSR count). The first kappa shape index (κ1) is 15.3. The molecule has 0 bridgehead atoms. The van der Waals surface area contributed by atoms with Crippen LogP contribution in [-0.4, -0.2) is 31.9 Å². The summed E-state index contributed by atoms with van der Waals surface area (Å²) in [6.07, 6.45) is 2.63. The lowest BCUT2D eigenvalue weighted by atomic mass is 9.98. The first-order chi connectivity index (χ1) is 11.7. The Bertz CT molecular complexity index is 751. The highest BCUT2D eigenvalue weighted by molar-refractivity contribution is 5.75. The predicted molar refractivity (Wildman–Crippen MR) is 93.8 cm³/mol. The molecule has 2 aliphatic heterocycles. The van der Waals surface area contributed by atoms with Gasteiger partial charge in [-0.3, -0.25) is 4.90 Å². The van der Waals surface area contributed by atoms with Crippen molar-refractivity contribution in [3.63, 3.8) is 0 Å². The third-order valence-electron chi connectivity index (χ3n) is 4.75. The van der Waals surface area contributed by atoms with Crippen molar-refractivity contribution in [3.05, 3.63) is 41.5 Å². The molecule has 0 spiro atoms. The lowest BCUT2D eigenvalue weighted by Gasteiger charge is -2.17. The fourth-order valence-electron chi connectivity index (χ4n) is 3.63. The average Bonchev–Trinajstić information content (AvgIpc) is 3.23. The van der Waals surface area contributed by atoms with Crippen molar-refractivity contribution >= 4 is 0 Å². The number of hydrogen-bond acceptors (Lipinski definition) is 4. The van der Waals surface area contributed by atoms with Crippen LogP contribution in [0.15, 0.2) is 30.3 Å². The number of aryl methyl sites for hydroxylation is 1. The van der Waals surface area contributed by atoms with Crippen LogP contribution >= 0.6 is 0 Å². The molecule has 126 valence electrons. The molecular weight excluding hydrogens is 302 g/mol. The molecule has 4 heteroatoms. The standard InChI is InChI=1S/C20H23NO3/c1-14-7-15(12-21-5-3-4-6-21)9-16(8-14)17-10-19-20(24-13-23-19)11-18(17)22-2/h7-11H,3-6,12-13H2,1-2H3. The molecule has 2 aromatic rings. The van der Waals surface area contributed by atoms with Gasteiger partial charge in [-0.25, -0.2) is 0 Å². The SMILES string of the molecule is COc1cc2c(cc1-c1cc(C)cc(CN3CCCC3)c1)OCO2. The minimum Gasteiger partial charge on any atom is -0.496 e. The second-order valence-corrected chi connectivity index (χ2v) is 6.60. The van der Waals surface area contributed by atoms with Gasteiger partial charge in [0.05, 0.1) is 7.11 Å². The smallest absolute Gasteiger partial charge is 0.231 e. The summed E-state index contributed by atoms with van der Waals surface area (Å²) in [4.78, 5) is 2.52. The van der Waals surface area contributed by atoms with Gasteiger partial charge in [-0.2, -0.15) is 0 Å². The number of likely N-dealkylation sites (tertiary alicyclic amines) is 1. The Hall–Kier alpha value is -2.20. The van der Waals surface area contributed by atoms with Gasteiger partial charge in [0.15, 0.2) is 11.5 Å². The highest BCUT2D eigenvalue weighted by Crippen LogP contribution is 2.42. The van der Waals surface area contributed by atoms with Crippen LogP contribution in [0.4, 0.5) is 0 Å². The second-order valence-electron chi connectivity index (χ2n) is 6.60. The summed E-state index contributed by atoms with van der Waals surface area (Å²) in [5, 5.41) is 0. The van der Waals surface area contributed by atoms with Gasteiger partial charge in [-0.1, -0.05) is 17.7 Å². The zero-order valence-electron chi connectivity index (χ0n) is 14.3. The van der Waals surface area contributed by atoms with E-state index >= 15 is 0 Å². The summed E-state index contributed by atoms with van der Waals surface area (Å²) in [6.45, 7) is 5.85. The topological polar surface area (TPSA) is 30.9 Å². The number of hydrogen-bond donors (Lipinski definition) is 0. The molecule has 0 N–H and O–H groups in total. The maximum absolute atomic E-state index is 5.59. The first-order valence-corrected chi connectivity index (χ1v) is 8.54. The molecular formula is C20H23NO3. The summed E-state index contributed by atoms with van der Waals surface area (Å²) >= 11 is 0. The van der Waals surface area contributed by atoms with Crippen molar-refractivity contribution in [2.24, 2.45) is 0 Å². The second kappa shape index (κ2) is 6.36. The van der Waals surface area contributed by atoms with Crippen molar-refractivity contribution in [3.8, 4) is 28.4 Å². The molecule has 2 heterocycles.